The maximum Gasteiger partial charge on any atom is 0.300 e. The molecule has 0 radical (unpaired) electrons. The van der Waals surface area contributed by atoms with Gasteiger partial charge in [-0.25, -0.2) is 8.42 Å². The fourth-order valence-corrected chi connectivity index (χ4v) is 5.12. The summed E-state index contributed by atoms with van der Waals surface area (Å²) in [6.45, 7) is 0.652. The highest BCUT2D eigenvalue weighted by molar-refractivity contribution is 7.91. The Labute approximate surface area is 119 Å². The minimum absolute atomic E-state index is 0.00714. The Bertz CT molecular complexity index is 593. The highest BCUT2D eigenvalue weighted by Gasteiger charge is 2.32. The molecule has 0 saturated carbocycles. The van der Waals surface area contributed by atoms with Crippen LogP contribution in [0.1, 0.15) is 12.8 Å². The van der Waals surface area contributed by atoms with E-state index in [-0.39, 0.29) is 20.3 Å². The molecule has 0 atom stereocenters. The largest absolute Gasteiger partial charge is 0.328 e. The summed E-state index contributed by atoms with van der Waals surface area (Å²) in [7, 11) is -3.71. The van der Waals surface area contributed by atoms with Gasteiger partial charge in [-0.15, -0.1) is 11.3 Å². The standard InChI is InChI=1S/C9H12ClN3O4S2/c10-9-7(13(14)15)5-8(18-9)19(16,17)12-3-1-6(11)2-4-12/h5-6H,1-4,11H2. The number of nitro groups is 1. The molecule has 1 aliphatic heterocycles. The third-order valence-electron chi connectivity index (χ3n) is 2.94. The third kappa shape index (κ3) is 2.90. The van der Waals surface area contributed by atoms with Crippen molar-refractivity contribution in [3.05, 3.63) is 20.5 Å². The molecule has 2 heterocycles. The Morgan fingerprint density at radius 2 is 2.05 bits per heavy atom. The first kappa shape index (κ1) is 14.7. The van der Waals surface area contributed by atoms with E-state index in [0.717, 1.165) is 6.07 Å². The average molecular weight is 326 g/mol. The molecule has 106 valence electrons. The topological polar surface area (TPSA) is 107 Å². The number of hydrogen-bond acceptors (Lipinski definition) is 6. The van der Waals surface area contributed by atoms with Gasteiger partial charge in [0.1, 0.15) is 4.21 Å². The maximum absolute atomic E-state index is 12.3. The Balaban J connectivity index is 2.29. The molecule has 7 nitrogen and oxygen atoms in total. The number of sulfonamides is 1. The maximum atomic E-state index is 12.3. The summed E-state index contributed by atoms with van der Waals surface area (Å²) in [5.74, 6) is 0. The van der Waals surface area contributed by atoms with Gasteiger partial charge in [0.05, 0.1) is 4.92 Å². The van der Waals surface area contributed by atoms with Crippen LogP contribution < -0.4 is 5.73 Å². The van der Waals surface area contributed by atoms with Crippen LogP contribution in [-0.4, -0.2) is 36.8 Å². The van der Waals surface area contributed by atoms with Gasteiger partial charge in [0.25, 0.3) is 15.7 Å². The average Bonchev–Trinajstić information content (AvgIpc) is 2.72. The lowest BCUT2D eigenvalue weighted by Gasteiger charge is -2.28. The summed E-state index contributed by atoms with van der Waals surface area (Å²) in [6.07, 6.45) is 1.17. The first-order chi connectivity index (χ1) is 8.82. The number of hydrogen-bond donors (Lipinski definition) is 1. The van der Waals surface area contributed by atoms with Crippen molar-refractivity contribution < 1.29 is 13.3 Å². The van der Waals surface area contributed by atoms with Crippen molar-refractivity contribution >= 4 is 38.6 Å². The number of rotatable bonds is 3. The lowest BCUT2D eigenvalue weighted by molar-refractivity contribution is -0.384. The first-order valence-corrected chi connectivity index (χ1v) is 8.15. The van der Waals surface area contributed by atoms with Crippen LogP contribution in [0, 0.1) is 10.1 Å². The smallest absolute Gasteiger partial charge is 0.300 e. The molecule has 1 aliphatic rings. The van der Waals surface area contributed by atoms with Crippen LogP contribution in [-0.2, 0) is 10.0 Å². The zero-order chi connectivity index (χ0) is 14.2. The van der Waals surface area contributed by atoms with Gasteiger partial charge in [0.2, 0.25) is 0 Å². The van der Waals surface area contributed by atoms with Gasteiger partial charge in [0.15, 0.2) is 4.34 Å². The molecular weight excluding hydrogens is 314 g/mol. The van der Waals surface area contributed by atoms with Crippen LogP contribution in [0.2, 0.25) is 4.34 Å². The van der Waals surface area contributed by atoms with Gasteiger partial charge >= 0.3 is 0 Å². The van der Waals surface area contributed by atoms with Crippen LogP contribution >= 0.6 is 22.9 Å². The zero-order valence-electron chi connectivity index (χ0n) is 9.78. The second-order valence-electron chi connectivity index (χ2n) is 4.22. The number of nitrogens with zero attached hydrogens (tertiary/aromatic N) is 2. The summed E-state index contributed by atoms with van der Waals surface area (Å²) in [4.78, 5) is 9.99. The Hall–Kier alpha value is -0.740. The molecule has 0 unspecified atom stereocenters. The molecule has 2 rings (SSSR count). The van der Waals surface area contributed by atoms with Gasteiger partial charge in [-0.05, 0) is 12.8 Å². The number of halogens is 1. The van der Waals surface area contributed by atoms with E-state index < -0.39 is 14.9 Å². The lowest BCUT2D eigenvalue weighted by Crippen LogP contribution is -2.42. The minimum atomic E-state index is -3.71. The molecule has 1 aromatic rings. The van der Waals surface area contributed by atoms with Crippen molar-refractivity contribution in [1.29, 1.82) is 0 Å². The second-order valence-corrected chi connectivity index (χ2v) is 8.04. The molecule has 0 bridgehead atoms. The molecule has 0 aliphatic carbocycles. The molecule has 0 aromatic carbocycles. The van der Waals surface area contributed by atoms with E-state index in [1.54, 1.807) is 0 Å². The molecule has 1 fully saturated rings. The quantitative estimate of drug-likeness (QED) is 0.668. The molecule has 0 amide bonds. The van der Waals surface area contributed by atoms with Crippen LogP contribution in [0.25, 0.3) is 0 Å². The van der Waals surface area contributed by atoms with Gasteiger partial charge in [-0.1, -0.05) is 11.6 Å². The minimum Gasteiger partial charge on any atom is -0.328 e. The predicted octanol–water partition coefficient (Wildman–Crippen LogP) is 1.42. The lowest BCUT2D eigenvalue weighted by atomic mass is 10.1. The number of thiophene rings is 1. The molecule has 0 spiro atoms. The first-order valence-electron chi connectivity index (χ1n) is 5.52. The van der Waals surface area contributed by atoms with E-state index in [4.69, 9.17) is 17.3 Å². The summed E-state index contributed by atoms with van der Waals surface area (Å²) in [6, 6.07) is 1.02. The van der Waals surface area contributed by atoms with Crippen LogP contribution in [0.3, 0.4) is 0 Å². The molecule has 2 N–H and O–H groups in total. The zero-order valence-corrected chi connectivity index (χ0v) is 12.2. The fourth-order valence-electron chi connectivity index (χ4n) is 1.83. The van der Waals surface area contributed by atoms with E-state index in [1.807, 2.05) is 0 Å². The van der Waals surface area contributed by atoms with Crippen LogP contribution in [0.5, 0.6) is 0 Å². The third-order valence-corrected chi connectivity index (χ3v) is 6.62. The van der Waals surface area contributed by atoms with E-state index in [1.165, 1.54) is 4.31 Å². The highest BCUT2D eigenvalue weighted by Crippen LogP contribution is 2.37. The van der Waals surface area contributed by atoms with Gasteiger partial charge in [-0.2, -0.15) is 4.31 Å². The Kier molecular flexibility index (Phi) is 4.11. The normalized spacial score (nSPS) is 18.6. The van der Waals surface area contributed by atoms with Gasteiger partial charge in [-0.3, -0.25) is 10.1 Å². The Morgan fingerprint density at radius 3 is 2.53 bits per heavy atom. The summed E-state index contributed by atoms with van der Waals surface area (Å²) in [5.41, 5.74) is 5.34. The molecule has 1 aromatic heterocycles. The fraction of sp³-hybridized carbons (Fsp3) is 0.556. The number of nitrogens with two attached hydrogens (primary N) is 1. The highest BCUT2D eigenvalue weighted by atomic mass is 35.5. The van der Waals surface area contributed by atoms with Crippen molar-refractivity contribution in [2.75, 3.05) is 13.1 Å². The van der Waals surface area contributed by atoms with E-state index in [2.05, 4.69) is 0 Å². The van der Waals surface area contributed by atoms with Crippen molar-refractivity contribution in [1.82, 2.24) is 4.31 Å². The SMILES string of the molecule is NC1CCN(S(=O)(=O)c2cc([N+](=O)[O-])c(Cl)s2)CC1. The van der Waals surface area contributed by atoms with E-state index >= 15 is 0 Å². The van der Waals surface area contributed by atoms with Gasteiger partial charge in [0, 0.05) is 25.2 Å². The molecular formula is C9H12ClN3O4S2. The van der Waals surface area contributed by atoms with Crippen LogP contribution in [0.15, 0.2) is 10.3 Å². The second kappa shape index (κ2) is 5.33. The van der Waals surface area contributed by atoms with Gasteiger partial charge < -0.3 is 5.73 Å². The molecule has 19 heavy (non-hydrogen) atoms. The van der Waals surface area contributed by atoms with Crippen molar-refractivity contribution in [3.8, 4) is 0 Å². The predicted molar refractivity (Wildman–Crippen MR) is 72.0 cm³/mol. The summed E-state index contributed by atoms with van der Waals surface area (Å²) >= 11 is 6.39. The molecule has 1 saturated heterocycles. The monoisotopic (exact) mass is 325 g/mol. The van der Waals surface area contributed by atoms with E-state index in [0.29, 0.717) is 37.3 Å². The number of piperidine rings is 1. The van der Waals surface area contributed by atoms with Crippen molar-refractivity contribution in [3.63, 3.8) is 0 Å². The Morgan fingerprint density at radius 1 is 1.47 bits per heavy atom. The van der Waals surface area contributed by atoms with Crippen LogP contribution in [0.4, 0.5) is 5.69 Å². The summed E-state index contributed by atoms with van der Waals surface area (Å²) in [5, 5.41) is 10.7. The summed E-state index contributed by atoms with van der Waals surface area (Å²) < 4.78 is 25.7. The van der Waals surface area contributed by atoms with E-state index in [9.17, 15) is 18.5 Å². The van der Waals surface area contributed by atoms with Crippen molar-refractivity contribution in [2.45, 2.75) is 23.1 Å². The van der Waals surface area contributed by atoms with Crippen molar-refractivity contribution in [2.24, 2.45) is 5.73 Å². The molecule has 10 heteroatoms.